The number of aliphatic hydroxyl groups is 1. The molecule has 1 aromatic heterocycles. The summed E-state index contributed by atoms with van der Waals surface area (Å²) < 4.78 is 11.4. The minimum atomic E-state index is -0.499. The van der Waals surface area contributed by atoms with Gasteiger partial charge in [0.25, 0.3) is 0 Å². The molecule has 1 aromatic carbocycles. The second kappa shape index (κ2) is 11.5. The molecule has 3 rings (SSSR count). The van der Waals surface area contributed by atoms with Gasteiger partial charge < -0.3 is 24.8 Å². The number of aliphatic hydroxyl groups excluding tert-OH is 1. The van der Waals surface area contributed by atoms with E-state index in [0.29, 0.717) is 18.0 Å². The first-order valence-corrected chi connectivity index (χ1v) is 11.3. The van der Waals surface area contributed by atoms with E-state index in [2.05, 4.69) is 20.6 Å². The van der Waals surface area contributed by atoms with Gasteiger partial charge >= 0.3 is 0 Å². The van der Waals surface area contributed by atoms with Crippen LogP contribution in [0.25, 0.3) is 0 Å². The molecule has 1 aliphatic heterocycles. The van der Waals surface area contributed by atoms with Gasteiger partial charge in [-0.15, -0.1) is 11.3 Å². The molecule has 1 aliphatic rings. The molecule has 7 heteroatoms. The summed E-state index contributed by atoms with van der Waals surface area (Å²) in [6.07, 6.45) is 4.54. The summed E-state index contributed by atoms with van der Waals surface area (Å²) in [5.74, 6) is 1.36. The number of hydrogen-bond acceptors (Lipinski definition) is 7. The van der Waals surface area contributed by atoms with Crippen molar-refractivity contribution in [3.63, 3.8) is 0 Å². The molecule has 0 spiro atoms. The number of likely N-dealkylation sites (tertiary alicyclic amines) is 1. The molecule has 29 heavy (non-hydrogen) atoms. The standard InChI is InChI=1S/C22H33N3O3S/c1-17-24-19(16-29-17)13-23-12-18-7-8-21(22(11-18)27-2)28-15-20(26)14-25-9-5-3-4-6-10-25/h7-8,11,16,20,23,26H,3-6,9-10,12-15H2,1-2H3. The SMILES string of the molecule is COc1cc(CNCc2csc(C)n2)ccc1OCC(O)CN1CCCCCC1. The number of aryl methyl sites for hydroxylation is 1. The number of nitrogens with zero attached hydrogens (tertiary/aromatic N) is 2. The van der Waals surface area contributed by atoms with Crippen LogP contribution in [-0.4, -0.2) is 54.4 Å². The number of aromatic nitrogens is 1. The molecule has 160 valence electrons. The van der Waals surface area contributed by atoms with Gasteiger partial charge in [0.05, 0.1) is 17.8 Å². The average molecular weight is 420 g/mol. The third-order valence-electron chi connectivity index (χ3n) is 5.13. The Morgan fingerprint density at radius 2 is 1.97 bits per heavy atom. The molecule has 2 heterocycles. The van der Waals surface area contributed by atoms with Crippen molar-refractivity contribution in [3.8, 4) is 11.5 Å². The fraction of sp³-hybridized carbons (Fsp3) is 0.591. The molecule has 0 bridgehead atoms. The lowest BCUT2D eigenvalue weighted by Gasteiger charge is -2.23. The molecule has 1 fully saturated rings. The third kappa shape index (κ3) is 7.26. The molecule has 1 saturated heterocycles. The van der Waals surface area contributed by atoms with Gasteiger partial charge in [0.15, 0.2) is 11.5 Å². The van der Waals surface area contributed by atoms with Crippen molar-refractivity contribution in [2.75, 3.05) is 33.4 Å². The quantitative estimate of drug-likeness (QED) is 0.616. The fourth-order valence-electron chi connectivity index (χ4n) is 3.62. The first-order chi connectivity index (χ1) is 14.1. The number of thiazole rings is 1. The molecule has 2 N–H and O–H groups in total. The monoisotopic (exact) mass is 419 g/mol. The van der Waals surface area contributed by atoms with Crippen LogP contribution in [0, 0.1) is 6.92 Å². The largest absolute Gasteiger partial charge is 0.493 e. The zero-order valence-electron chi connectivity index (χ0n) is 17.5. The van der Waals surface area contributed by atoms with Crippen LogP contribution in [0.2, 0.25) is 0 Å². The van der Waals surface area contributed by atoms with Gasteiger partial charge in [-0.3, -0.25) is 0 Å². The maximum Gasteiger partial charge on any atom is 0.161 e. The number of methoxy groups -OCH3 is 1. The van der Waals surface area contributed by atoms with Crippen molar-refractivity contribution in [2.24, 2.45) is 0 Å². The van der Waals surface area contributed by atoms with Crippen LogP contribution in [0.4, 0.5) is 0 Å². The third-order valence-corrected chi connectivity index (χ3v) is 5.95. The van der Waals surface area contributed by atoms with Crippen LogP contribution in [0.1, 0.15) is 41.9 Å². The number of hydrogen-bond donors (Lipinski definition) is 2. The van der Waals surface area contributed by atoms with Gasteiger partial charge in [0.2, 0.25) is 0 Å². The van der Waals surface area contributed by atoms with E-state index >= 15 is 0 Å². The van der Waals surface area contributed by atoms with Crippen LogP contribution < -0.4 is 14.8 Å². The topological polar surface area (TPSA) is 66.8 Å². The van der Waals surface area contributed by atoms with Crippen LogP contribution in [0.3, 0.4) is 0 Å². The minimum absolute atomic E-state index is 0.271. The Balaban J connectivity index is 1.46. The Hall–Kier alpha value is -1.67. The number of β-amino-alcohol motifs (C(OH)–C–C–N with tert-alkyl or cyclic N) is 1. The molecular formula is C22H33N3O3S. The average Bonchev–Trinajstić information content (AvgIpc) is 2.97. The molecule has 0 aliphatic carbocycles. The number of benzene rings is 1. The van der Waals surface area contributed by atoms with Crippen LogP contribution >= 0.6 is 11.3 Å². The second-order valence-corrected chi connectivity index (χ2v) is 8.69. The number of rotatable bonds is 10. The van der Waals surface area contributed by atoms with Crippen molar-refractivity contribution in [3.05, 3.63) is 39.8 Å². The lowest BCUT2D eigenvalue weighted by Crippen LogP contribution is -2.36. The van der Waals surface area contributed by atoms with Crippen LogP contribution in [-0.2, 0) is 13.1 Å². The summed E-state index contributed by atoms with van der Waals surface area (Å²) in [6.45, 7) is 6.57. The molecule has 1 unspecified atom stereocenters. The van der Waals surface area contributed by atoms with Gasteiger partial charge in [-0.05, 0) is 50.6 Å². The summed E-state index contributed by atoms with van der Waals surface area (Å²) in [5, 5.41) is 16.9. The zero-order chi connectivity index (χ0) is 20.5. The molecule has 2 aromatic rings. The Morgan fingerprint density at radius 1 is 1.17 bits per heavy atom. The Labute approximate surface area is 177 Å². The van der Waals surface area contributed by atoms with Gasteiger partial charge in [-0.1, -0.05) is 18.9 Å². The van der Waals surface area contributed by atoms with E-state index < -0.39 is 6.10 Å². The summed E-state index contributed by atoms with van der Waals surface area (Å²) >= 11 is 1.67. The number of ether oxygens (including phenoxy) is 2. The van der Waals surface area contributed by atoms with Gasteiger partial charge in [-0.2, -0.15) is 0 Å². The summed E-state index contributed by atoms with van der Waals surface area (Å²) in [7, 11) is 1.64. The molecule has 0 amide bonds. The molecule has 0 saturated carbocycles. The predicted octanol–water partition coefficient (Wildman–Crippen LogP) is 3.37. The van der Waals surface area contributed by atoms with Crippen molar-refractivity contribution < 1.29 is 14.6 Å². The lowest BCUT2D eigenvalue weighted by atomic mass is 10.2. The van der Waals surface area contributed by atoms with E-state index in [-0.39, 0.29) is 6.61 Å². The van der Waals surface area contributed by atoms with Crippen molar-refractivity contribution in [1.82, 2.24) is 15.2 Å². The maximum atomic E-state index is 10.4. The molecule has 0 radical (unpaired) electrons. The number of nitrogens with one attached hydrogen (secondary N) is 1. The van der Waals surface area contributed by atoms with Crippen molar-refractivity contribution >= 4 is 11.3 Å². The maximum absolute atomic E-state index is 10.4. The zero-order valence-corrected chi connectivity index (χ0v) is 18.3. The van der Waals surface area contributed by atoms with Crippen molar-refractivity contribution in [1.29, 1.82) is 0 Å². The van der Waals surface area contributed by atoms with Gasteiger partial charge in [0, 0.05) is 25.0 Å². The normalized spacial score (nSPS) is 16.4. The van der Waals surface area contributed by atoms with Gasteiger partial charge in [-0.25, -0.2) is 4.98 Å². The Kier molecular flexibility index (Phi) is 8.73. The van der Waals surface area contributed by atoms with E-state index in [1.807, 2.05) is 25.1 Å². The van der Waals surface area contributed by atoms with Crippen LogP contribution in [0.5, 0.6) is 11.5 Å². The summed E-state index contributed by atoms with van der Waals surface area (Å²) in [6, 6.07) is 5.93. The lowest BCUT2D eigenvalue weighted by molar-refractivity contribution is 0.0683. The highest BCUT2D eigenvalue weighted by Crippen LogP contribution is 2.28. The summed E-state index contributed by atoms with van der Waals surface area (Å²) in [5.41, 5.74) is 2.18. The van der Waals surface area contributed by atoms with Crippen molar-refractivity contribution in [2.45, 2.75) is 51.8 Å². The highest BCUT2D eigenvalue weighted by Gasteiger charge is 2.15. The predicted molar refractivity (Wildman–Crippen MR) is 117 cm³/mol. The van der Waals surface area contributed by atoms with Crippen LogP contribution in [0.15, 0.2) is 23.6 Å². The summed E-state index contributed by atoms with van der Waals surface area (Å²) in [4.78, 5) is 6.81. The van der Waals surface area contributed by atoms with Gasteiger partial charge in [0.1, 0.15) is 12.7 Å². The second-order valence-electron chi connectivity index (χ2n) is 7.63. The van der Waals surface area contributed by atoms with E-state index in [1.165, 1.54) is 25.7 Å². The van der Waals surface area contributed by atoms with E-state index in [1.54, 1.807) is 18.4 Å². The highest BCUT2D eigenvalue weighted by atomic mass is 32.1. The molecular weight excluding hydrogens is 386 g/mol. The Bertz CT molecular complexity index is 745. The first kappa shape index (κ1) is 22.0. The van der Waals surface area contributed by atoms with E-state index in [9.17, 15) is 5.11 Å². The van der Waals surface area contributed by atoms with E-state index in [4.69, 9.17) is 9.47 Å². The smallest absolute Gasteiger partial charge is 0.161 e. The molecule has 6 nitrogen and oxygen atoms in total. The first-order valence-electron chi connectivity index (χ1n) is 10.5. The Morgan fingerprint density at radius 3 is 2.66 bits per heavy atom. The molecule has 1 atom stereocenters. The fourth-order valence-corrected chi connectivity index (χ4v) is 4.23. The minimum Gasteiger partial charge on any atom is -0.493 e. The highest BCUT2D eigenvalue weighted by molar-refractivity contribution is 7.09. The van der Waals surface area contributed by atoms with E-state index in [0.717, 1.165) is 42.4 Å².